The van der Waals surface area contributed by atoms with Gasteiger partial charge in [-0.2, -0.15) is 0 Å². The number of carbonyl (C=O) groups excluding carboxylic acids is 1. The SMILES string of the molecule is CN1C2CCC1CC(CNC(=O)c1ccc(Cl)cc1Br)C2. The van der Waals surface area contributed by atoms with Crippen molar-refractivity contribution >= 4 is 33.4 Å². The summed E-state index contributed by atoms with van der Waals surface area (Å²) >= 11 is 9.31. The van der Waals surface area contributed by atoms with E-state index < -0.39 is 0 Å². The quantitative estimate of drug-likeness (QED) is 0.878. The van der Waals surface area contributed by atoms with E-state index in [2.05, 4.69) is 33.2 Å². The maximum Gasteiger partial charge on any atom is 0.252 e. The molecule has 21 heavy (non-hydrogen) atoms. The average Bonchev–Trinajstić information content (AvgIpc) is 2.67. The van der Waals surface area contributed by atoms with E-state index in [1.54, 1.807) is 18.2 Å². The zero-order valence-electron chi connectivity index (χ0n) is 12.1. The Morgan fingerprint density at radius 3 is 2.67 bits per heavy atom. The number of fused-ring (bicyclic) bond motifs is 2. The molecule has 2 fully saturated rings. The van der Waals surface area contributed by atoms with Crippen LogP contribution in [0.2, 0.25) is 5.02 Å². The summed E-state index contributed by atoms with van der Waals surface area (Å²) in [6, 6.07) is 6.70. The molecular weight excluding hydrogens is 352 g/mol. The van der Waals surface area contributed by atoms with Crippen molar-refractivity contribution in [1.82, 2.24) is 10.2 Å². The van der Waals surface area contributed by atoms with Crippen LogP contribution in [0.3, 0.4) is 0 Å². The van der Waals surface area contributed by atoms with Gasteiger partial charge in [0.1, 0.15) is 0 Å². The molecule has 2 bridgehead atoms. The Morgan fingerprint density at radius 2 is 2.05 bits per heavy atom. The number of carbonyl (C=O) groups is 1. The van der Waals surface area contributed by atoms with Crippen LogP contribution in [0.5, 0.6) is 0 Å². The monoisotopic (exact) mass is 370 g/mol. The van der Waals surface area contributed by atoms with Crippen LogP contribution < -0.4 is 5.32 Å². The Morgan fingerprint density at radius 1 is 1.38 bits per heavy atom. The van der Waals surface area contributed by atoms with Gasteiger partial charge in [0, 0.05) is 28.1 Å². The summed E-state index contributed by atoms with van der Waals surface area (Å²) in [5, 5.41) is 3.71. The van der Waals surface area contributed by atoms with Crippen molar-refractivity contribution in [2.45, 2.75) is 37.8 Å². The Labute approximate surface area is 139 Å². The highest BCUT2D eigenvalue weighted by molar-refractivity contribution is 9.10. The standard InChI is InChI=1S/C16H20BrClN2O/c1-20-12-3-4-13(20)7-10(6-12)9-19-16(21)14-5-2-11(18)8-15(14)17/h2,5,8,10,12-13H,3-4,6-7,9H2,1H3,(H,19,21). The molecule has 114 valence electrons. The molecule has 0 aromatic heterocycles. The summed E-state index contributed by atoms with van der Waals surface area (Å²) in [6.45, 7) is 0.773. The summed E-state index contributed by atoms with van der Waals surface area (Å²) in [6.07, 6.45) is 5.03. The topological polar surface area (TPSA) is 32.3 Å². The van der Waals surface area contributed by atoms with Gasteiger partial charge in [0.15, 0.2) is 0 Å². The van der Waals surface area contributed by atoms with Crippen LogP contribution in [-0.2, 0) is 0 Å². The largest absolute Gasteiger partial charge is 0.352 e. The zero-order valence-corrected chi connectivity index (χ0v) is 14.5. The van der Waals surface area contributed by atoms with Crippen LogP contribution >= 0.6 is 27.5 Å². The fraction of sp³-hybridized carbons (Fsp3) is 0.562. The second-order valence-electron chi connectivity index (χ2n) is 6.22. The molecule has 1 aromatic rings. The summed E-state index contributed by atoms with van der Waals surface area (Å²) in [5.41, 5.74) is 0.648. The number of piperidine rings is 1. The van der Waals surface area contributed by atoms with Crippen molar-refractivity contribution in [3.8, 4) is 0 Å². The van der Waals surface area contributed by atoms with Gasteiger partial charge in [-0.3, -0.25) is 4.79 Å². The van der Waals surface area contributed by atoms with Crippen molar-refractivity contribution in [3.05, 3.63) is 33.3 Å². The highest BCUT2D eigenvalue weighted by Crippen LogP contribution is 2.37. The number of rotatable bonds is 3. The minimum Gasteiger partial charge on any atom is -0.352 e. The molecule has 2 aliphatic rings. The van der Waals surface area contributed by atoms with E-state index in [-0.39, 0.29) is 5.91 Å². The highest BCUT2D eigenvalue weighted by Gasteiger charge is 2.38. The van der Waals surface area contributed by atoms with Gasteiger partial charge in [0.2, 0.25) is 0 Å². The van der Waals surface area contributed by atoms with Crippen LogP contribution in [0.4, 0.5) is 0 Å². The van der Waals surface area contributed by atoms with E-state index >= 15 is 0 Å². The minimum atomic E-state index is -0.0233. The van der Waals surface area contributed by atoms with Crippen molar-refractivity contribution in [2.24, 2.45) is 5.92 Å². The third-order valence-electron chi connectivity index (χ3n) is 4.92. The third kappa shape index (κ3) is 3.27. The molecule has 1 amide bonds. The van der Waals surface area contributed by atoms with Crippen molar-refractivity contribution < 1.29 is 4.79 Å². The Hall–Kier alpha value is -0.580. The molecule has 3 nitrogen and oxygen atoms in total. The first-order valence-electron chi connectivity index (χ1n) is 7.50. The lowest BCUT2D eigenvalue weighted by atomic mass is 9.91. The summed E-state index contributed by atoms with van der Waals surface area (Å²) in [7, 11) is 2.24. The molecule has 3 rings (SSSR count). The fourth-order valence-corrected chi connectivity index (χ4v) is 4.56. The number of hydrogen-bond donors (Lipinski definition) is 1. The van der Waals surface area contributed by atoms with E-state index in [0.29, 0.717) is 28.6 Å². The molecule has 2 saturated heterocycles. The minimum absolute atomic E-state index is 0.0233. The fourth-order valence-electron chi connectivity index (χ4n) is 3.70. The molecule has 2 unspecified atom stereocenters. The average molecular weight is 372 g/mol. The number of nitrogens with zero attached hydrogens (tertiary/aromatic N) is 1. The van der Waals surface area contributed by atoms with Gasteiger partial charge in [-0.05, 0) is 72.8 Å². The van der Waals surface area contributed by atoms with Gasteiger partial charge >= 0.3 is 0 Å². The predicted molar refractivity (Wildman–Crippen MR) is 88.8 cm³/mol. The maximum absolute atomic E-state index is 12.3. The Balaban J connectivity index is 1.57. The highest BCUT2D eigenvalue weighted by atomic mass is 79.9. The Kier molecular flexibility index (Phi) is 4.57. The summed E-state index contributed by atoms with van der Waals surface area (Å²) in [5.74, 6) is 0.582. The van der Waals surface area contributed by atoms with Crippen molar-refractivity contribution in [2.75, 3.05) is 13.6 Å². The number of halogens is 2. The van der Waals surface area contributed by atoms with E-state index in [0.717, 1.165) is 11.0 Å². The predicted octanol–water partition coefficient (Wildman–Crippen LogP) is 3.71. The second-order valence-corrected chi connectivity index (χ2v) is 7.51. The smallest absolute Gasteiger partial charge is 0.252 e. The van der Waals surface area contributed by atoms with Crippen LogP contribution in [0.25, 0.3) is 0 Å². The van der Waals surface area contributed by atoms with Crippen LogP contribution in [-0.4, -0.2) is 36.5 Å². The molecule has 2 atom stereocenters. The first kappa shape index (κ1) is 15.3. The second kappa shape index (κ2) is 6.27. The lowest BCUT2D eigenvalue weighted by Gasteiger charge is -2.36. The number of amides is 1. The van der Waals surface area contributed by atoms with Crippen molar-refractivity contribution in [3.63, 3.8) is 0 Å². The van der Waals surface area contributed by atoms with Gasteiger partial charge in [0.25, 0.3) is 5.91 Å². The van der Waals surface area contributed by atoms with Gasteiger partial charge < -0.3 is 10.2 Å². The van der Waals surface area contributed by atoms with Gasteiger partial charge in [-0.15, -0.1) is 0 Å². The van der Waals surface area contributed by atoms with E-state index in [1.807, 2.05) is 0 Å². The van der Waals surface area contributed by atoms with Crippen LogP contribution in [0.1, 0.15) is 36.0 Å². The zero-order chi connectivity index (χ0) is 15.0. The summed E-state index contributed by atoms with van der Waals surface area (Å²) < 4.78 is 0.746. The molecule has 0 saturated carbocycles. The number of nitrogens with one attached hydrogen (secondary N) is 1. The maximum atomic E-state index is 12.3. The number of benzene rings is 1. The molecule has 0 aliphatic carbocycles. The van der Waals surface area contributed by atoms with Crippen LogP contribution in [0.15, 0.2) is 22.7 Å². The third-order valence-corrected chi connectivity index (χ3v) is 5.81. The van der Waals surface area contributed by atoms with Gasteiger partial charge in [-0.25, -0.2) is 0 Å². The van der Waals surface area contributed by atoms with E-state index in [9.17, 15) is 4.79 Å². The van der Waals surface area contributed by atoms with Gasteiger partial charge in [-0.1, -0.05) is 11.6 Å². The summed E-state index contributed by atoms with van der Waals surface area (Å²) in [4.78, 5) is 14.8. The molecule has 0 spiro atoms. The molecule has 1 N–H and O–H groups in total. The number of hydrogen-bond acceptors (Lipinski definition) is 2. The molecule has 2 heterocycles. The first-order valence-corrected chi connectivity index (χ1v) is 8.67. The van der Waals surface area contributed by atoms with Crippen molar-refractivity contribution in [1.29, 1.82) is 0 Å². The molecule has 5 heteroatoms. The molecule has 0 radical (unpaired) electrons. The van der Waals surface area contributed by atoms with Crippen LogP contribution in [0, 0.1) is 5.92 Å². The lowest BCUT2D eigenvalue weighted by molar-refractivity contribution is 0.0917. The molecule has 2 aliphatic heterocycles. The lowest BCUT2D eigenvalue weighted by Crippen LogP contribution is -2.43. The normalized spacial score (nSPS) is 28.6. The molecular formula is C16H20BrClN2O. The Bertz CT molecular complexity index is 537. The molecule has 1 aromatic carbocycles. The first-order chi connectivity index (χ1) is 10.0. The van der Waals surface area contributed by atoms with E-state index in [1.165, 1.54) is 25.7 Å². The van der Waals surface area contributed by atoms with Gasteiger partial charge in [0.05, 0.1) is 5.56 Å². The van der Waals surface area contributed by atoms with E-state index in [4.69, 9.17) is 11.6 Å².